The van der Waals surface area contributed by atoms with Crippen molar-refractivity contribution >= 4 is 11.8 Å². The van der Waals surface area contributed by atoms with Crippen molar-refractivity contribution in [2.75, 3.05) is 13.1 Å². The van der Waals surface area contributed by atoms with Crippen molar-refractivity contribution in [2.24, 2.45) is 0 Å². The highest BCUT2D eigenvalue weighted by atomic mass is 19.1. The molecule has 1 aliphatic rings. The fraction of sp³-hybridized carbons (Fsp3) is 0.226. The molecule has 0 spiro atoms. The molecule has 0 aliphatic carbocycles. The van der Waals surface area contributed by atoms with E-state index in [9.17, 15) is 14.0 Å². The van der Waals surface area contributed by atoms with Gasteiger partial charge in [0, 0.05) is 36.6 Å². The Balaban J connectivity index is 1.43. The van der Waals surface area contributed by atoms with Gasteiger partial charge in [0.1, 0.15) is 23.9 Å². The molecule has 7 heteroatoms. The molecule has 3 aromatic carbocycles. The second-order valence-corrected chi connectivity index (χ2v) is 9.64. The van der Waals surface area contributed by atoms with Crippen LogP contribution < -0.4 is 4.74 Å². The Bertz CT molecular complexity index is 1420. The van der Waals surface area contributed by atoms with E-state index < -0.39 is 5.82 Å². The molecule has 0 bridgehead atoms. The van der Waals surface area contributed by atoms with E-state index in [0.29, 0.717) is 24.4 Å². The van der Waals surface area contributed by atoms with Crippen LogP contribution in [0.3, 0.4) is 0 Å². The summed E-state index contributed by atoms with van der Waals surface area (Å²) in [6, 6.07) is 26.2. The Morgan fingerprint density at radius 3 is 2.39 bits per heavy atom. The molecule has 0 saturated heterocycles. The lowest BCUT2D eigenvalue weighted by molar-refractivity contribution is -0.135. The van der Waals surface area contributed by atoms with Gasteiger partial charge in [-0.3, -0.25) is 9.59 Å². The molecule has 2 heterocycles. The highest BCUT2D eigenvalue weighted by molar-refractivity contribution is 5.96. The number of aromatic nitrogens is 1. The van der Waals surface area contributed by atoms with Crippen LogP contribution in [0.15, 0.2) is 97.2 Å². The SMILES string of the molecule is CC(C)N(CC(=O)N1CCn2cccc2C1c1cccc(Oc2ccccc2)c1)C(=O)c1ccc(F)cc1. The first kappa shape index (κ1) is 25.3. The van der Waals surface area contributed by atoms with Gasteiger partial charge in [0.25, 0.3) is 5.91 Å². The standard InChI is InChI=1S/C31H30FN3O3/c1-22(2)35(31(37)23-13-15-25(32)16-14-23)21-29(36)34-19-18-33-17-7-12-28(33)30(34)24-8-6-11-27(20-24)38-26-9-4-3-5-10-26/h3-17,20,22,30H,18-19,21H2,1-2H3. The summed E-state index contributed by atoms with van der Waals surface area (Å²) in [5, 5.41) is 0. The number of halogens is 1. The van der Waals surface area contributed by atoms with E-state index in [-0.39, 0.29) is 30.4 Å². The number of hydrogen-bond acceptors (Lipinski definition) is 3. The third-order valence-electron chi connectivity index (χ3n) is 6.79. The molecule has 38 heavy (non-hydrogen) atoms. The average Bonchev–Trinajstić information content (AvgIpc) is 3.41. The average molecular weight is 512 g/mol. The van der Waals surface area contributed by atoms with Gasteiger partial charge >= 0.3 is 0 Å². The van der Waals surface area contributed by atoms with E-state index in [1.54, 1.807) is 0 Å². The summed E-state index contributed by atoms with van der Waals surface area (Å²) >= 11 is 0. The molecule has 0 fully saturated rings. The van der Waals surface area contributed by atoms with E-state index in [1.807, 2.05) is 91.7 Å². The molecule has 1 aliphatic heterocycles. The zero-order valence-corrected chi connectivity index (χ0v) is 21.5. The van der Waals surface area contributed by atoms with Crippen molar-refractivity contribution in [3.05, 3.63) is 120 Å². The first-order chi connectivity index (χ1) is 18.4. The van der Waals surface area contributed by atoms with Crippen molar-refractivity contribution in [1.29, 1.82) is 0 Å². The lowest BCUT2D eigenvalue weighted by Crippen LogP contribution is -2.49. The number of amides is 2. The van der Waals surface area contributed by atoms with Gasteiger partial charge in [-0.2, -0.15) is 0 Å². The fourth-order valence-electron chi connectivity index (χ4n) is 4.86. The molecule has 0 radical (unpaired) electrons. The maximum absolute atomic E-state index is 13.8. The van der Waals surface area contributed by atoms with Crippen molar-refractivity contribution < 1.29 is 18.7 Å². The number of nitrogens with zero attached hydrogens (tertiary/aromatic N) is 3. The maximum Gasteiger partial charge on any atom is 0.254 e. The summed E-state index contributed by atoms with van der Waals surface area (Å²) in [7, 11) is 0. The predicted molar refractivity (Wildman–Crippen MR) is 144 cm³/mol. The quantitative estimate of drug-likeness (QED) is 0.310. The van der Waals surface area contributed by atoms with Crippen molar-refractivity contribution in [1.82, 2.24) is 14.4 Å². The van der Waals surface area contributed by atoms with E-state index in [4.69, 9.17) is 4.74 Å². The molecule has 2 amide bonds. The van der Waals surface area contributed by atoms with Gasteiger partial charge < -0.3 is 19.1 Å². The van der Waals surface area contributed by atoms with E-state index in [0.717, 1.165) is 17.0 Å². The first-order valence-corrected chi connectivity index (χ1v) is 12.7. The van der Waals surface area contributed by atoms with Crippen LogP contribution in [0.25, 0.3) is 0 Å². The minimum absolute atomic E-state index is 0.0781. The summed E-state index contributed by atoms with van der Waals surface area (Å²) in [5.74, 6) is 0.549. The third-order valence-corrected chi connectivity index (χ3v) is 6.79. The van der Waals surface area contributed by atoms with Gasteiger partial charge in [-0.25, -0.2) is 4.39 Å². The molecular weight excluding hydrogens is 481 g/mol. The molecule has 6 nitrogen and oxygen atoms in total. The van der Waals surface area contributed by atoms with Crippen LogP contribution >= 0.6 is 0 Å². The summed E-state index contributed by atoms with van der Waals surface area (Å²) in [4.78, 5) is 30.5. The number of benzene rings is 3. The Hall–Kier alpha value is -4.39. The smallest absolute Gasteiger partial charge is 0.254 e. The number of carbonyl (C=O) groups excluding carboxylic acids is 2. The number of ether oxygens (including phenoxy) is 1. The molecule has 4 aromatic rings. The zero-order valence-electron chi connectivity index (χ0n) is 21.5. The fourth-order valence-corrected chi connectivity index (χ4v) is 4.86. The van der Waals surface area contributed by atoms with Crippen LogP contribution in [0, 0.1) is 5.82 Å². The van der Waals surface area contributed by atoms with Gasteiger partial charge in [0.05, 0.1) is 6.04 Å². The van der Waals surface area contributed by atoms with Crippen LogP contribution in [0.4, 0.5) is 4.39 Å². The lowest BCUT2D eigenvalue weighted by Gasteiger charge is -2.39. The molecule has 0 N–H and O–H groups in total. The minimum atomic E-state index is -0.411. The zero-order chi connectivity index (χ0) is 26.6. The van der Waals surface area contributed by atoms with Gasteiger partial charge in [-0.05, 0) is 80.1 Å². The second-order valence-electron chi connectivity index (χ2n) is 9.64. The summed E-state index contributed by atoms with van der Waals surface area (Å²) in [5.41, 5.74) is 2.28. The van der Waals surface area contributed by atoms with Gasteiger partial charge in [-0.15, -0.1) is 0 Å². The van der Waals surface area contributed by atoms with E-state index in [2.05, 4.69) is 4.57 Å². The Morgan fingerprint density at radius 1 is 0.921 bits per heavy atom. The number of para-hydroxylation sites is 1. The molecular formula is C31H30FN3O3. The maximum atomic E-state index is 13.8. The minimum Gasteiger partial charge on any atom is -0.457 e. The molecule has 1 atom stereocenters. The second kappa shape index (κ2) is 10.9. The van der Waals surface area contributed by atoms with Crippen molar-refractivity contribution in [2.45, 2.75) is 32.5 Å². The Kier molecular flexibility index (Phi) is 7.26. The first-order valence-electron chi connectivity index (χ1n) is 12.7. The molecule has 194 valence electrons. The van der Waals surface area contributed by atoms with Crippen LogP contribution in [0.2, 0.25) is 0 Å². The van der Waals surface area contributed by atoms with Crippen LogP contribution in [0.5, 0.6) is 11.5 Å². The van der Waals surface area contributed by atoms with E-state index >= 15 is 0 Å². The summed E-state index contributed by atoms with van der Waals surface area (Å²) in [6.07, 6.45) is 2.02. The van der Waals surface area contributed by atoms with Gasteiger partial charge in [0.15, 0.2) is 0 Å². The monoisotopic (exact) mass is 511 g/mol. The predicted octanol–water partition coefficient (Wildman–Crippen LogP) is 5.90. The van der Waals surface area contributed by atoms with E-state index in [1.165, 1.54) is 29.2 Å². The largest absolute Gasteiger partial charge is 0.457 e. The van der Waals surface area contributed by atoms with Gasteiger partial charge in [0.2, 0.25) is 5.91 Å². The third kappa shape index (κ3) is 5.32. The van der Waals surface area contributed by atoms with Gasteiger partial charge in [-0.1, -0.05) is 30.3 Å². The normalized spacial score (nSPS) is 14.7. The van der Waals surface area contributed by atoms with Crippen LogP contribution in [-0.2, 0) is 11.3 Å². The highest BCUT2D eigenvalue weighted by Gasteiger charge is 2.34. The number of carbonyl (C=O) groups is 2. The van der Waals surface area contributed by atoms with Crippen molar-refractivity contribution in [3.63, 3.8) is 0 Å². The highest BCUT2D eigenvalue weighted by Crippen LogP contribution is 2.35. The molecule has 1 aromatic heterocycles. The van der Waals surface area contributed by atoms with Crippen LogP contribution in [-0.4, -0.2) is 45.3 Å². The topological polar surface area (TPSA) is 54.8 Å². The summed E-state index contributed by atoms with van der Waals surface area (Å²) < 4.78 is 21.6. The number of fused-ring (bicyclic) bond motifs is 1. The summed E-state index contributed by atoms with van der Waals surface area (Å²) in [6.45, 7) is 4.84. The van der Waals surface area contributed by atoms with Crippen molar-refractivity contribution in [3.8, 4) is 11.5 Å². The van der Waals surface area contributed by atoms with Crippen LogP contribution in [0.1, 0.15) is 41.5 Å². The molecule has 5 rings (SSSR count). The Labute approximate surface area is 221 Å². The number of hydrogen-bond donors (Lipinski definition) is 0. The molecule has 1 unspecified atom stereocenters. The lowest BCUT2D eigenvalue weighted by atomic mass is 9.99. The molecule has 0 saturated carbocycles. The Morgan fingerprint density at radius 2 is 1.66 bits per heavy atom. The number of rotatable bonds is 7.